The molecule has 3 atom stereocenters. The molecule has 0 unspecified atom stereocenters. The average molecular weight is 315 g/mol. The second-order valence-electron chi connectivity index (χ2n) is 7.32. The Bertz CT molecular complexity index is 436. The van der Waals surface area contributed by atoms with Crippen molar-refractivity contribution in [2.24, 2.45) is 11.8 Å². The maximum absolute atomic E-state index is 11.5. The van der Waals surface area contributed by atoms with Crippen molar-refractivity contribution in [2.45, 2.75) is 63.5 Å². The minimum Gasteiger partial charge on any atom is -0.393 e. The number of rotatable bonds is 3. The quantitative estimate of drug-likeness (QED) is 0.863. The van der Waals surface area contributed by atoms with E-state index < -0.39 is 9.84 Å². The summed E-state index contributed by atoms with van der Waals surface area (Å²) < 4.78 is 23.1. The molecule has 1 saturated carbocycles. The van der Waals surface area contributed by atoms with Crippen LogP contribution in [-0.2, 0) is 9.84 Å². The van der Waals surface area contributed by atoms with Gasteiger partial charge in [-0.2, -0.15) is 0 Å². The van der Waals surface area contributed by atoms with Gasteiger partial charge < -0.3 is 5.11 Å². The van der Waals surface area contributed by atoms with Gasteiger partial charge in [0.15, 0.2) is 0 Å². The zero-order valence-corrected chi connectivity index (χ0v) is 13.7. The lowest BCUT2D eigenvalue weighted by Crippen LogP contribution is -2.45. The van der Waals surface area contributed by atoms with Gasteiger partial charge in [0.2, 0.25) is 0 Å². The molecule has 3 rings (SSSR count). The van der Waals surface area contributed by atoms with Crippen molar-refractivity contribution >= 4 is 9.84 Å². The minimum atomic E-state index is -2.75. The fourth-order valence-corrected chi connectivity index (χ4v) is 6.19. The number of sulfone groups is 1. The molecule has 4 nitrogen and oxygen atoms in total. The fourth-order valence-electron chi connectivity index (χ4n) is 4.61. The maximum Gasteiger partial charge on any atom is 0.150 e. The Labute approximate surface area is 128 Å². The molecular formula is C16H29NO3S. The third-order valence-electron chi connectivity index (χ3n) is 5.86. The SMILES string of the molecule is O=S1(=O)CCC(CN2CCC[C@@H]2[C@@H]2CCCC[C@H]2O)CC1. The lowest BCUT2D eigenvalue weighted by Gasteiger charge is -2.39. The Morgan fingerprint density at radius 2 is 1.67 bits per heavy atom. The minimum absolute atomic E-state index is 0.115. The van der Waals surface area contributed by atoms with E-state index in [1.54, 1.807) is 0 Å². The number of hydrogen-bond donors (Lipinski definition) is 1. The van der Waals surface area contributed by atoms with Crippen molar-refractivity contribution in [1.82, 2.24) is 4.90 Å². The number of aliphatic hydroxyl groups is 1. The highest BCUT2D eigenvalue weighted by Gasteiger charge is 2.38. The van der Waals surface area contributed by atoms with Crippen LogP contribution < -0.4 is 0 Å². The molecule has 3 fully saturated rings. The van der Waals surface area contributed by atoms with Crippen LogP contribution in [-0.4, -0.2) is 55.2 Å². The first-order valence-corrected chi connectivity index (χ1v) is 10.5. The standard InChI is InChI=1S/C16H29NO3S/c18-16-6-2-1-4-14(16)15-5-3-9-17(15)12-13-7-10-21(19,20)11-8-13/h13-16,18H,1-12H2/t14-,15+,16+/m0/s1. The van der Waals surface area contributed by atoms with Crippen LogP contribution >= 0.6 is 0 Å². The van der Waals surface area contributed by atoms with Gasteiger partial charge in [0.1, 0.15) is 9.84 Å². The smallest absolute Gasteiger partial charge is 0.150 e. The van der Waals surface area contributed by atoms with Crippen molar-refractivity contribution in [3.8, 4) is 0 Å². The van der Waals surface area contributed by atoms with Crippen LogP contribution in [0.3, 0.4) is 0 Å². The van der Waals surface area contributed by atoms with Gasteiger partial charge in [-0.05, 0) is 51.0 Å². The van der Waals surface area contributed by atoms with E-state index in [0.717, 1.165) is 32.4 Å². The first-order valence-electron chi connectivity index (χ1n) is 8.68. The molecule has 21 heavy (non-hydrogen) atoms. The molecule has 0 aromatic rings. The summed E-state index contributed by atoms with van der Waals surface area (Å²) in [4.78, 5) is 2.57. The van der Waals surface area contributed by atoms with Gasteiger partial charge in [0, 0.05) is 18.5 Å². The first-order chi connectivity index (χ1) is 10.1. The summed E-state index contributed by atoms with van der Waals surface area (Å²) in [6.45, 7) is 2.18. The van der Waals surface area contributed by atoms with Gasteiger partial charge in [0.05, 0.1) is 17.6 Å². The summed E-state index contributed by atoms with van der Waals surface area (Å²) in [6.07, 6.45) is 8.57. The van der Waals surface area contributed by atoms with E-state index in [-0.39, 0.29) is 6.10 Å². The first kappa shape index (κ1) is 15.8. The monoisotopic (exact) mass is 315 g/mol. The number of nitrogens with zero attached hydrogens (tertiary/aromatic N) is 1. The van der Waals surface area contributed by atoms with E-state index in [1.165, 1.54) is 32.1 Å². The number of aliphatic hydroxyl groups excluding tert-OH is 1. The normalized spacial score (nSPS) is 38.6. The maximum atomic E-state index is 11.5. The van der Waals surface area contributed by atoms with E-state index in [4.69, 9.17) is 0 Å². The second kappa shape index (κ2) is 6.55. The Hall–Kier alpha value is -0.130. The molecule has 2 heterocycles. The summed E-state index contributed by atoms with van der Waals surface area (Å²) in [6, 6.07) is 0.541. The van der Waals surface area contributed by atoms with Gasteiger partial charge in [-0.3, -0.25) is 4.90 Å². The van der Waals surface area contributed by atoms with Gasteiger partial charge in [-0.15, -0.1) is 0 Å². The Kier molecular flexibility index (Phi) is 4.91. The van der Waals surface area contributed by atoms with Crippen molar-refractivity contribution in [2.75, 3.05) is 24.6 Å². The molecule has 2 aliphatic heterocycles. The molecule has 0 spiro atoms. The van der Waals surface area contributed by atoms with Gasteiger partial charge in [-0.1, -0.05) is 12.8 Å². The van der Waals surface area contributed by atoms with Crippen LogP contribution in [0.5, 0.6) is 0 Å². The van der Waals surface area contributed by atoms with Crippen molar-refractivity contribution in [1.29, 1.82) is 0 Å². The van der Waals surface area contributed by atoms with Crippen LogP contribution in [0.25, 0.3) is 0 Å². The highest BCUT2D eigenvalue weighted by atomic mass is 32.2. The third-order valence-corrected chi connectivity index (χ3v) is 7.57. The van der Waals surface area contributed by atoms with Crippen LogP contribution in [0, 0.1) is 11.8 Å². The largest absolute Gasteiger partial charge is 0.393 e. The topological polar surface area (TPSA) is 57.6 Å². The molecule has 0 radical (unpaired) electrons. The highest BCUT2D eigenvalue weighted by molar-refractivity contribution is 7.91. The summed E-state index contributed by atoms with van der Waals surface area (Å²) in [5.74, 6) is 1.74. The molecule has 0 aromatic heterocycles. The van der Waals surface area contributed by atoms with Crippen molar-refractivity contribution < 1.29 is 13.5 Å². The lowest BCUT2D eigenvalue weighted by molar-refractivity contribution is 0.0180. The zero-order chi connectivity index (χ0) is 14.9. The highest BCUT2D eigenvalue weighted by Crippen LogP contribution is 2.35. The lowest BCUT2D eigenvalue weighted by atomic mass is 9.80. The summed E-state index contributed by atoms with van der Waals surface area (Å²) in [7, 11) is -2.75. The molecule has 0 bridgehead atoms. The molecule has 3 aliphatic rings. The Balaban J connectivity index is 1.57. The van der Waals surface area contributed by atoms with Gasteiger partial charge in [0.25, 0.3) is 0 Å². The zero-order valence-electron chi connectivity index (χ0n) is 12.9. The molecule has 0 amide bonds. The molecule has 1 N–H and O–H groups in total. The van der Waals surface area contributed by atoms with Crippen LogP contribution in [0.4, 0.5) is 0 Å². The van der Waals surface area contributed by atoms with E-state index in [9.17, 15) is 13.5 Å². The second-order valence-corrected chi connectivity index (χ2v) is 9.62. The molecular weight excluding hydrogens is 286 g/mol. The van der Waals surface area contributed by atoms with Crippen LogP contribution in [0.15, 0.2) is 0 Å². The molecule has 5 heteroatoms. The predicted octanol–water partition coefficient (Wildman–Crippen LogP) is 1.83. The molecule has 122 valence electrons. The van der Waals surface area contributed by atoms with Gasteiger partial charge >= 0.3 is 0 Å². The Morgan fingerprint density at radius 1 is 0.952 bits per heavy atom. The van der Waals surface area contributed by atoms with Crippen molar-refractivity contribution in [3.63, 3.8) is 0 Å². The summed E-state index contributed by atoms with van der Waals surface area (Å²) >= 11 is 0. The number of likely N-dealkylation sites (tertiary alicyclic amines) is 1. The van der Waals surface area contributed by atoms with E-state index in [2.05, 4.69) is 4.90 Å². The van der Waals surface area contributed by atoms with E-state index in [1.807, 2.05) is 0 Å². The summed E-state index contributed by atoms with van der Waals surface area (Å²) in [5, 5.41) is 10.3. The van der Waals surface area contributed by atoms with Crippen LogP contribution in [0.1, 0.15) is 51.4 Å². The Morgan fingerprint density at radius 3 is 2.38 bits per heavy atom. The molecule has 0 aromatic carbocycles. The summed E-state index contributed by atoms with van der Waals surface area (Å²) in [5.41, 5.74) is 0. The molecule has 1 aliphatic carbocycles. The molecule has 2 saturated heterocycles. The predicted molar refractivity (Wildman–Crippen MR) is 83.9 cm³/mol. The van der Waals surface area contributed by atoms with E-state index in [0.29, 0.717) is 29.4 Å². The van der Waals surface area contributed by atoms with Crippen molar-refractivity contribution in [3.05, 3.63) is 0 Å². The van der Waals surface area contributed by atoms with E-state index >= 15 is 0 Å². The average Bonchev–Trinajstić information content (AvgIpc) is 2.90. The third kappa shape index (κ3) is 3.80. The number of hydrogen-bond acceptors (Lipinski definition) is 4. The fraction of sp³-hybridized carbons (Fsp3) is 1.00. The van der Waals surface area contributed by atoms with Crippen LogP contribution in [0.2, 0.25) is 0 Å². The van der Waals surface area contributed by atoms with Gasteiger partial charge in [-0.25, -0.2) is 8.42 Å².